The Morgan fingerprint density at radius 3 is 2.76 bits per heavy atom. The van der Waals surface area contributed by atoms with Gasteiger partial charge in [0.05, 0.1) is 19.8 Å². The van der Waals surface area contributed by atoms with Gasteiger partial charge in [0.1, 0.15) is 5.69 Å². The Balaban J connectivity index is 1.72. The second-order valence-corrected chi connectivity index (χ2v) is 6.02. The third-order valence-corrected chi connectivity index (χ3v) is 3.99. The maximum Gasteiger partial charge on any atom is 0.270 e. The topological polar surface area (TPSA) is 101 Å². The van der Waals surface area contributed by atoms with Crippen LogP contribution in [0.25, 0.3) is 0 Å². The zero-order valence-electron chi connectivity index (χ0n) is 13.7. The van der Waals surface area contributed by atoms with Crippen molar-refractivity contribution in [2.75, 3.05) is 31.7 Å². The summed E-state index contributed by atoms with van der Waals surface area (Å²) in [4.78, 5) is 28.0. The quantitative estimate of drug-likeness (QED) is 0.555. The van der Waals surface area contributed by atoms with Crippen LogP contribution in [0.4, 0.5) is 5.13 Å². The molecule has 1 aromatic heterocycles. The Morgan fingerprint density at radius 2 is 2.00 bits per heavy atom. The molecule has 0 aliphatic rings. The van der Waals surface area contributed by atoms with Gasteiger partial charge in [-0.2, -0.15) is 0 Å². The van der Waals surface area contributed by atoms with Crippen LogP contribution in [-0.4, -0.2) is 48.3 Å². The van der Waals surface area contributed by atoms with Crippen LogP contribution in [0.15, 0.2) is 35.7 Å². The predicted molar refractivity (Wildman–Crippen MR) is 95.7 cm³/mol. The summed E-state index contributed by atoms with van der Waals surface area (Å²) in [5.74, 6) is -0.462. The molecule has 2 aromatic rings. The molecule has 8 heteroatoms. The third kappa shape index (κ3) is 7.00. The van der Waals surface area contributed by atoms with Gasteiger partial charge < -0.3 is 20.5 Å². The number of carbonyl (C=O) groups excluding carboxylic acids is 2. The van der Waals surface area contributed by atoms with Crippen molar-refractivity contribution in [2.45, 2.75) is 12.8 Å². The summed E-state index contributed by atoms with van der Waals surface area (Å²) in [6.45, 7) is 0.841. The number of benzene rings is 1. The molecule has 0 radical (unpaired) electrons. The lowest BCUT2D eigenvalue weighted by atomic mass is 10.1. The number of aliphatic hydroxyl groups excluding tert-OH is 1. The molecule has 0 aliphatic carbocycles. The van der Waals surface area contributed by atoms with E-state index in [1.165, 1.54) is 11.3 Å². The first-order valence-electron chi connectivity index (χ1n) is 7.95. The summed E-state index contributed by atoms with van der Waals surface area (Å²) in [6, 6.07) is 9.76. The second kappa shape index (κ2) is 10.5. The number of aromatic nitrogens is 1. The SMILES string of the molecule is O=C(CCc1ccccc1)Nc1nc(C(=O)NCCOCCO)cs1. The molecule has 3 N–H and O–H groups in total. The van der Waals surface area contributed by atoms with Crippen LogP contribution in [0.1, 0.15) is 22.5 Å². The number of rotatable bonds is 10. The third-order valence-electron chi connectivity index (χ3n) is 3.23. The molecular weight excluding hydrogens is 342 g/mol. The highest BCUT2D eigenvalue weighted by molar-refractivity contribution is 7.14. The van der Waals surface area contributed by atoms with Crippen LogP contribution in [0.2, 0.25) is 0 Å². The van der Waals surface area contributed by atoms with Gasteiger partial charge in [0, 0.05) is 18.3 Å². The Morgan fingerprint density at radius 1 is 1.20 bits per heavy atom. The number of nitrogens with zero attached hydrogens (tertiary/aromatic N) is 1. The normalized spacial score (nSPS) is 10.4. The molecule has 0 fully saturated rings. The van der Waals surface area contributed by atoms with Crippen molar-refractivity contribution in [1.82, 2.24) is 10.3 Å². The lowest BCUT2D eigenvalue weighted by Crippen LogP contribution is -2.27. The van der Waals surface area contributed by atoms with E-state index in [1.54, 1.807) is 5.38 Å². The number of ether oxygens (including phenoxy) is 1. The summed E-state index contributed by atoms with van der Waals surface area (Å²) in [5.41, 5.74) is 1.35. The summed E-state index contributed by atoms with van der Waals surface area (Å²) >= 11 is 1.21. The Bertz CT molecular complexity index is 676. The van der Waals surface area contributed by atoms with E-state index < -0.39 is 0 Å². The largest absolute Gasteiger partial charge is 0.394 e. The van der Waals surface area contributed by atoms with Crippen molar-refractivity contribution < 1.29 is 19.4 Å². The van der Waals surface area contributed by atoms with E-state index in [4.69, 9.17) is 9.84 Å². The first-order chi connectivity index (χ1) is 12.2. The van der Waals surface area contributed by atoms with Crippen molar-refractivity contribution in [1.29, 1.82) is 0 Å². The molecule has 2 rings (SSSR count). The minimum absolute atomic E-state index is 0.0483. The van der Waals surface area contributed by atoms with E-state index in [1.807, 2.05) is 30.3 Å². The number of nitrogens with one attached hydrogen (secondary N) is 2. The number of carbonyl (C=O) groups is 2. The monoisotopic (exact) mass is 363 g/mol. The van der Waals surface area contributed by atoms with Gasteiger partial charge in [-0.3, -0.25) is 9.59 Å². The van der Waals surface area contributed by atoms with Crippen LogP contribution < -0.4 is 10.6 Å². The van der Waals surface area contributed by atoms with E-state index in [2.05, 4.69) is 15.6 Å². The molecule has 0 spiro atoms. The molecule has 2 amide bonds. The zero-order valence-corrected chi connectivity index (χ0v) is 14.6. The molecule has 7 nitrogen and oxygen atoms in total. The summed E-state index contributed by atoms with van der Waals surface area (Å²) in [6.07, 6.45) is 1.01. The fraction of sp³-hybridized carbons (Fsp3) is 0.353. The van der Waals surface area contributed by atoms with Gasteiger partial charge in [-0.25, -0.2) is 4.98 Å². The molecular formula is C17H21N3O4S. The molecule has 1 heterocycles. The van der Waals surface area contributed by atoms with Gasteiger partial charge in [0.25, 0.3) is 5.91 Å². The van der Waals surface area contributed by atoms with Crippen LogP contribution in [0, 0.1) is 0 Å². The van der Waals surface area contributed by atoms with E-state index in [9.17, 15) is 9.59 Å². The smallest absolute Gasteiger partial charge is 0.270 e. The molecule has 0 aliphatic heterocycles. The first-order valence-corrected chi connectivity index (χ1v) is 8.83. The number of thiazole rings is 1. The van der Waals surface area contributed by atoms with Gasteiger partial charge in [0.2, 0.25) is 5.91 Å². The lowest BCUT2D eigenvalue weighted by Gasteiger charge is -2.04. The fourth-order valence-electron chi connectivity index (χ4n) is 2.01. The number of amides is 2. The maximum atomic E-state index is 12.0. The van der Waals surface area contributed by atoms with Gasteiger partial charge in [0.15, 0.2) is 5.13 Å². The van der Waals surface area contributed by atoms with E-state index in [0.717, 1.165) is 5.56 Å². The number of anilines is 1. The fourth-order valence-corrected chi connectivity index (χ4v) is 2.72. The van der Waals surface area contributed by atoms with Crippen LogP contribution in [0.5, 0.6) is 0 Å². The van der Waals surface area contributed by atoms with Crippen molar-refractivity contribution in [3.63, 3.8) is 0 Å². The van der Waals surface area contributed by atoms with E-state index in [-0.39, 0.29) is 30.7 Å². The highest BCUT2D eigenvalue weighted by Crippen LogP contribution is 2.16. The molecule has 1 aromatic carbocycles. The summed E-state index contributed by atoms with van der Waals surface area (Å²) in [7, 11) is 0. The maximum absolute atomic E-state index is 12.0. The Hall–Kier alpha value is -2.29. The number of aliphatic hydroxyl groups is 1. The average Bonchev–Trinajstić information content (AvgIpc) is 3.09. The molecule has 0 saturated carbocycles. The van der Waals surface area contributed by atoms with Gasteiger partial charge in [-0.05, 0) is 12.0 Å². The van der Waals surface area contributed by atoms with E-state index in [0.29, 0.717) is 31.1 Å². The molecule has 0 atom stereocenters. The van der Waals surface area contributed by atoms with Crippen molar-refractivity contribution in [3.05, 3.63) is 47.0 Å². The highest BCUT2D eigenvalue weighted by Gasteiger charge is 2.12. The zero-order chi connectivity index (χ0) is 17.9. The van der Waals surface area contributed by atoms with Gasteiger partial charge >= 0.3 is 0 Å². The van der Waals surface area contributed by atoms with Gasteiger partial charge in [-0.15, -0.1) is 11.3 Å². The van der Waals surface area contributed by atoms with Crippen molar-refractivity contribution in [2.24, 2.45) is 0 Å². The molecule has 25 heavy (non-hydrogen) atoms. The Kier molecular flexibility index (Phi) is 8.03. The van der Waals surface area contributed by atoms with Crippen molar-refractivity contribution in [3.8, 4) is 0 Å². The first kappa shape index (κ1) is 19.0. The predicted octanol–water partition coefficient (Wildman–Crippen LogP) is 1.45. The Labute approximate surface area is 150 Å². The minimum Gasteiger partial charge on any atom is -0.394 e. The van der Waals surface area contributed by atoms with Crippen LogP contribution in [0.3, 0.4) is 0 Å². The minimum atomic E-state index is -0.325. The molecule has 0 unspecified atom stereocenters. The highest BCUT2D eigenvalue weighted by atomic mass is 32.1. The number of aryl methyl sites for hydroxylation is 1. The lowest BCUT2D eigenvalue weighted by molar-refractivity contribution is -0.116. The second-order valence-electron chi connectivity index (χ2n) is 5.16. The van der Waals surface area contributed by atoms with Crippen LogP contribution >= 0.6 is 11.3 Å². The standard InChI is InChI=1S/C17H21N3O4S/c21-9-11-24-10-8-18-16(23)14-12-25-17(19-14)20-15(22)7-6-13-4-2-1-3-5-13/h1-5,12,21H,6-11H2,(H,18,23)(H,19,20,22). The van der Waals surface area contributed by atoms with Crippen molar-refractivity contribution >= 4 is 28.3 Å². The summed E-state index contributed by atoms with van der Waals surface area (Å²) in [5, 5.41) is 15.9. The summed E-state index contributed by atoms with van der Waals surface area (Å²) < 4.78 is 5.05. The molecule has 134 valence electrons. The number of hydrogen-bond donors (Lipinski definition) is 3. The van der Waals surface area contributed by atoms with Crippen LogP contribution in [-0.2, 0) is 16.0 Å². The van der Waals surface area contributed by atoms with E-state index >= 15 is 0 Å². The number of hydrogen-bond acceptors (Lipinski definition) is 6. The van der Waals surface area contributed by atoms with Gasteiger partial charge in [-0.1, -0.05) is 30.3 Å². The average molecular weight is 363 g/mol. The molecule has 0 bridgehead atoms. The molecule has 0 saturated heterocycles.